The highest BCUT2D eigenvalue weighted by molar-refractivity contribution is 6.29. The number of hydrogen-bond acceptors (Lipinski definition) is 4. The van der Waals surface area contributed by atoms with Crippen LogP contribution in [0.1, 0.15) is 19.8 Å². The zero-order chi connectivity index (χ0) is 11.5. The molecule has 2 heterocycles. The van der Waals surface area contributed by atoms with Crippen molar-refractivity contribution in [3.05, 3.63) is 17.5 Å². The molecule has 0 spiro atoms. The van der Waals surface area contributed by atoms with E-state index in [0.717, 1.165) is 31.7 Å². The van der Waals surface area contributed by atoms with E-state index in [1.807, 2.05) is 0 Å². The highest BCUT2D eigenvalue weighted by atomic mass is 35.5. The van der Waals surface area contributed by atoms with Crippen LogP contribution in [0.5, 0.6) is 0 Å². The summed E-state index contributed by atoms with van der Waals surface area (Å²) in [4.78, 5) is 10.5. The van der Waals surface area contributed by atoms with Crippen molar-refractivity contribution in [3.63, 3.8) is 0 Å². The number of nitrogens with zero attached hydrogens (tertiary/aromatic N) is 3. The van der Waals surface area contributed by atoms with Gasteiger partial charge in [-0.15, -0.1) is 0 Å². The molecule has 1 saturated heterocycles. The Balaban J connectivity index is 1.99. The van der Waals surface area contributed by atoms with Gasteiger partial charge in [0.1, 0.15) is 11.0 Å². The van der Waals surface area contributed by atoms with Crippen LogP contribution in [0, 0.1) is 5.92 Å². The van der Waals surface area contributed by atoms with Gasteiger partial charge in [-0.3, -0.25) is 4.98 Å². The lowest BCUT2D eigenvalue weighted by atomic mass is 9.91. The molecule has 0 aliphatic carbocycles. The first kappa shape index (κ1) is 11.6. The van der Waals surface area contributed by atoms with Crippen molar-refractivity contribution < 1.29 is 0 Å². The zero-order valence-electron chi connectivity index (χ0n) is 9.43. The summed E-state index contributed by atoms with van der Waals surface area (Å²) in [6.45, 7) is 4.06. The van der Waals surface area contributed by atoms with Gasteiger partial charge in [0.2, 0.25) is 0 Å². The number of rotatable bonds is 2. The average molecular weight is 241 g/mol. The molecule has 2 N–H and O–H groups in total. The Labute approximate surface area is 101 Å². The molecule has 5 heteroatoms. The molecule has 0 saturated carbocycles. The molecule has 16 heavy (non-hydrogen) atoms. The number of halogens is 1. The van der Waals surface area contributed by atoms with Crippen LogP contribution >= 0.6 is 11.6 Å². The Morgan fingerprint density at radius 1 is 1.44 bits per heavy atom. The van der Waals surface area contributed by atoms with Gasteiger partial charge in [0.05, 0.1) is 12.4 Å². The molecule has 0 radical (unpaired) electrons. The van der Waals surface area contributed by atoms with Crippen molar-refractivity contribution in [2.24, 2.45) is 11.7 Å². The Morgan fingerprint density at radius 2 is 2.12 bits per heavy atom. The third kappa shape index (κ3) is 2.62. The lowest BCUT2D eigenvalue weighted by Crippen LogP contribution is -2.40. The summed E-state index contributed by atoms with van der Waals surface area (Å²) in [6, 6.07) is 0.285. The highest BCUT2D eigenvalue weighted by Gasteiger charge is 2.22. The van der Waals surface area contributed by atoms with Crippen molar-refractivity contribution >= 4 is 17.4 Å². The number of piperidine rings is 1. The molecule has 0 bridgehead atoms. The second kappa shape index (κ2) is 4.97. The molecule has 1 aliphatic rings. The average Bonchev–Trinajstić information content (AvgIpc) is 2.29. The lowest BCUT2D eigenvalue weighted by molar-refractivity contribution is 0.353. The molecule has 1 aromatic rings. The first-order valence-corrected chi connectivity index (χ1v) is 6.02. The fourth-order valence-corrected chi connectivity index (χ4v) is 2.28. The van der Waals surface area contributed by atoms with Crippen molar-refractivity contribution in [1.82, 2.24) is 9.97 Å². The molecule has 4 nitrogen and oxygen atoms in total. The molecule has 1 fully saturated rings. The van der Waals surface area contributed by atoms with Crippen LogP contribution in [-0.4, -0.2) is 29.1 Å². The zero-order valence-corrected chi connectivity index (χ0v) is 10.2. The summed E-state index contributed by atoms with van der Waals surface area (Å²) < 4.78 is 0. The molecule has 0 aromatic carbocycles. The van der Waals surface area contributed by atoms with Crippen molar-refractivity contribution in [3.8, 4) is 0 Å². The topological polar surface area (TPSA) is 55.0 Å². The number of nitrogens with two attached hydrogens (primary N) is 1. The summed E-state index contributed by atoms with van der Waals surface area (Å²) in [6.07, 6.45) is 5.55. The molecule has 0 amide bonds. The predicted molar refractivity (Wildman–Crippen MR) is 65.6 cm³/mol. The smallest absolute Gasteiger partial charge is 0.149 e. The van der Waals surface area contributed by atoms with Crippen molar-refractivity contribution in [2.75, 3.05) is 18.0 Å². The molecule has 2 rings (SSSR count). The lowest BCUT2D eigenvalue weighted by Gasteiger charge is -2.34. The Morgan fingerprint density at radius 3 is 2.69 bits per heavy atom. The Hall–Kier alpha value is -0.870. The minimum Gasteiger partial charge on any atom is -0.355 e. The molecule has 1 aliphatic heterocycles. The van der Waals surface area contributed by atoms with E-state index in [9.17, 15) is 0 Å². The van der Waals surface area contributed by atoms with Gasteiger partial charge in [0.15, 0.2) is 0 Å². The molecular formula is C11H17ClN4. The second-order valence-corrected chi connectivity index (χ2v) is 4.77. The van der Waals surface area contributed by atoms with E-state index in [0.29, 0.717) is 11.1 Å². The van der Waals surface area contributed by atoms with E-state index >= 15 is 0 Å². The largest absolute Gasteiger partial charge is 0.355 e. The van der Waals surface area contributed by atoms with Crippen LogP contribution in [0.3, 0.4) is 0 Å². The van der Waals surface area contributed by atoms with Crippen molar-refractivity contribution in [1.29, 1.82) is 0 Å². The fraction of sp³-hybridized carbons (Fsp3) is 0.636. The quantitative estimate of drug-likeness (QED) is 0.855. The molecule has 88 valence electrons. The van der Waals surface area contributed by atoms with Gasteiger partial charge in [-0.25, -0.2) is 4.98 Å². The Kier molecular flexibility index (Phi) is 3.61. The third-order valence-corrected chi connectivity index (χ3v) is 3.38. The van der Waals surface area contributed by atoms with Crippen LogP contribution in [0.25, 0.3) is 0 Å². The minimum absolute atomic E-state index is 0.285. The third-order valence-electron chi connectivity index (χ3n) is 3.20. The maximum absolute atomic E-state index is 5.91. The monoisotopic (exact) mass is 240 g/mol. The summed E-state index contributed by atoms with van der Waals surface area (Å²) in [5.74, 6) is 1.50. The molecule has 1 aromatic heterocycles. The number of hydrogen-bond donors (Lipinski definition) is 1. The van der Waals surface area contributed by atoms with E-state index in [1.54, 1.807) is 12.4 Å². The normalized spacial score (nSPS) is 19.8. The van der Waals surface area contributed by atoms with Gasteiger partial charge in [-0.2, -0.15) is 0 Å². The van der Waals surface area contributed by atoms with Gasteiger partial charge in [0, 0.05) is 19.1 Å². The van der Waals surface area contributed by atoms with Crippen LogP contribution in [-0.2, 0) is 0 Å². The SMILES string of the molecule is CC(N)C1CCN(c2cncc(Cl)n2)CC1. The van der Waals surface area contributed by atoms with E-state index in [2.05, 4.69) is 21.8 Å². The standard InChI is InChI=1S/C11H17ClN4/c1-8(13)9-2-4-16(5-3-9)11-7-14-6-10(12)15-11/h6-9H,2-5,13H2,1H3. The van der Waals surface area contributed by atoms with Crippen LogP contribution in [0.15, 0.2) is 12.4 Å². The number of aromatic nitrogens is 2. The summed E-state index contributed by atoms with van der Waals surface area (Å²) >= 11 is 5.82. The van der Waals surface area contributed by atoms with Crippen molar-refractivity contribution in [2.45, 2.75) is 25.8 Å². The van der Waals surface area contributed by atoms with E-state index in [4.69, 9.17) is 17.3 Å². The van der Waals surface area contributed by atoms with Gasteiger partial charge >= 0.3 is 0 Å². The maximum atomic E-state index is 5.91. The predicted octanol–water partition coefficient (Wildman–Crippen LogP) is 1.69. The van der Waals surface area contributed by atoms with E-state index < -0.39 is 0 Å². The molecule has 1 atom stereocenters. The summed E-state index contributed by atoms with van der Waals surface area (Å²) in [5, 5.41) is 0.451. The van der Waals surface area contributed by atoms with Gasteiger partial charge in [0.25, 0.3) is 0 Å². The van der Waals surface area contributed by atoms with Crippen LogP contribution in [0.2, 0.25) is 5.15 Å². The minimum atomic E-state index is 0.285. The summed E-state index contributed by atoms with van der Waals surface area (Å²) in [7, 11) is 0. The van der Waals surface area contributed by atoms with E-state index in [-0.39, 0.29) is 6.04 Å². The van der Waals surface area contributed by atoms with Gasteiger partial charge in [-0.1, -0.05) is 11.6 Å². The van der Waals surface area contributed by atoms with E-state index in [1.165, 1.54) is 0 Å². The van der Waals surface area contributed by atoms with Crippen LogP contribution in [0.4, 0.5) is 5.82 Å². The number of anilines is 1. The second-order valence-electron chi connectivity index (χ2n) is 4.38. The van der Waals surface area contributed by atoms with Crippen LogP contribution < -0.4 is 10.6 Å². The summed E-state index contributed by atoms with van der Waals surface area (Å²) in [5.41, 5.74) is 5.91. The first-order valence-electron chi connectivity index (χ1n) is 5.65. The molecule has 1 unspecified atom stereocenters. The van der Waals surface area contributed by atoms with Gasteiger partial charge in [-0.05, 0) is 25.7 Å². The first-order chi connectivity index (χ1) is 7.66. The Bertz CT molecular complexity index is 348. The molecular weight excluding hydrogens is 224 g/mol. The van der Waals surface area contributed by atoms with Gasteiger partial charge < -0.3 is 10.6 Å². The fourth-order valence-electron chi connectivity index (χ4n) is 2.14. The highest BCUT2D eigenvalue weighted by Crippen LogP contribution is 2.23. The maximum Gasteiger partial charge on any atom is 0.149 e.